The van der Waals surface area contributed by atoms with Crippen molar-refractivity contribution in [3.63, 3.8) is 0 Å². The highest BCUT2D eigenvalue weighted by Gasteiger charge is 2.19. The van der Waals surface area contributed by atoms with Gasteiger partial charge in [-0.15, -0.1) is 0 Å². The van der Waals surface area contributed by atoms with Gasteiger partial charge in [0, 0.05) is 26.2 Å². The fraction of sp³-hybridized carbons (Fsp3) is 0.538. The van der Waals surface area contributed by atoms with Crippen LogP contribution in [0.25, 0.3) is 0 Å². The topological polar surface area (TPSA) is 45.2 Å². The molecule has 0 fully saturated rings. The summed E-state index contributed by atoms with van der Waals surface area (Å²) in [5.41, 5.74) is 0.610. The highest BCUT2D eigenvalue weighted by molar-refractivity contribution is 6.29. The van der Waals surface area contributed by atoms with E-state index in [2.05, 4.69) is 31.1 Å². The Hall–Kier alpha value is -1.29. The minimum atomic E-state index is -0.0503. The smallest absolute Gasteiger partial charge is 0.253 e. The number of hydrogen-bond donors (Lipinski definition) is 1. The van der Waals surface area contributed by atoms with Gasteiger partial charge in [0.1, 0.15) is 11.0 Å². The molecular weight excluding hydrogens is 250 g/mol. The van der Waals surface area contributed by atoms with E-state index in [4.69, 9.17) is 11.6 Å². The molecule has 1 N–H and O–H groups in total. The van der Waals surface area contributed by atoms with Gasteiger partial charge in [0.2, 0.25) is 0 Å². The summed E-state index contributed by atoms with van der Waals surface area (Å²) in [4.78, 5) is 18.0. The molecule has 100 valence electrons. The van der Waals surface area contributed by atoms with Gasteiger partial charge in [0.25, 0.3) is 5.91 Å². The Bertz CT molecular complexity index is 440. The molecule has 0 atom stereocenters. The number of rotatable bonds is 3. The first-order valence-electron chi connectivity index (χ1n) is 5.84. The van der Waals surface area contributed by atoms with Gasteiger partial charge in [0.05, 0.1) is 0 Å². The second kappa shape index (κ2) is 5.57. The average Bonchev–Trinajstić information content (AvgIpc) is 2.24. The van der Waals surface area contributed by atoms with Crippen LogP contribution in [0.2, 0.25) is 5.15 Å². The van der Waals surface area contributed by atoms with Crippen molar-refractivity contribution in [3.05, 3.63) is 22.8 Å². The first kappa shape index (κ1) is 14.8. The van der Waals surface area contributed by atoms with Crippen LogP contribution in [0.5, 0.6) is 0 Å². The third kappa shape index (κ3) is 4.18. The van der Waals surface area contributed by atoms with Crippen molar-refractivity contribution in [2.24, 2.45) is 5.41 Å². The molecule has 0 aliphatic heterocycles. The number of anilines is 1. The third-order valence-corrected chi connectivity index (χ3v) is 2.55. The van der Waals surface area contributed by atoms with E-state index in [9.17, 15) is 4.79 Å². The van der Waals surface area contributed by atoms with E-state index >= 15 is 0 Å². The zero-order chi connectivity index (χ0) is 13.9. The molecule has 0 aliphatic carbocycles. The Morgan fingerprint density at radius 2 is 2.06 bits per heavy atom. The molecule has 0 saturated heterocycles. The Morgan fingerprint density at radius 1 is 1.44 bits per heavy atom. The first-order chi connectivity index (χ1) is 8.23. The van der Waals surface area contributed by atoms with Gasteiger partial charge in [-0.1, -0.05) is 32.4 Å². The summed E-state index contributed by atoms with van der Waals surface area (Å²) >= 11 is 5.89. The monoisotopic (exact) mass is 269 g/mol. The predicted molar refractivity (Wildman–Crippen MR) is 75.2 cm³/mol. The van der Waals surface area contributed by atoms with Gasteiger partial charge in [-0.3, -0.25) is 4.79 Å². The quantitative estimate of drug-likeness (QED) is 0.858. The number of hydrogen-bond acceptors (Lipinski definition) is 3. The summed E-state index contributed by atoms with van der Waals surface area (Å²) in [6, 6.07) is 3.29. The summed E-state index contributed by atoms with van der Waals surface area (Å²) in [7, 11) is 3.53. The molecule has 1 rings (SSSR count). The van der Waals surface area contributed by atoms with Crippen LogP contribution < -0.4 is 5.32 Å². The maximum absolute atomic E-state index is 12.3. The second-order valence-electron chi connectivity index (χ2n) is 5.54. The Labute approximate surface area is 113 Å². The first-order valence-corrected chi connectivity index (χ1v) is 6.21. The SMILES string of the molecule is CNc1cc(C(=O)N(C)CC(C)(C)C)cc(Cl)n1. The molecule has 0 saturated carbocycles. The number of amides is 1. The highest BCUT2D eigenvalue weighted by Crippen LogP contribution is 2.19. The Morgan fingerprint density at radius 3 is 2.56 bits per heavy atom. The maximum Gasteiger partial charge on any atom is 0.253 e. The van der Waals surface area contributed by atoms with E-state index in [1.807, 2.05) is 0 Å². The summed E-state index contributed by atoms with van der Waals surface area (Å²) < 4.78 is 0. The lowest BCUT2D eigenvalue weighted by Gasteiger charge is -2.26. The number of carbonyl (C=O) groups is 1. The molecule has 1 heterocycles. The summed E-state index contributed by atoms with van der Waals surface area (Å²) in [5.74, 6) is 0.542. The number of halogens is 1. The van der Waals surface area contributed by atoms with Gasteiger partial charge in [-0.25, -0.2) is 4.98 Å². The van der Waals surface area contributed by atoms with E-state index in [0.29, 0.717) is 23.1 Å². The molecule has 0 spiro atoms. The van der Waals surface area contributed by atoms with Crippen LogP contribution >= 0.6 is 11.6 Å². The van der Waals surface area contributed by atoms with Gasteiger partial charge < -0.3 is 10.2 Å². The lowest BCUT2D eigenvalue weighted by molar-refractivity contribution is 0.0745. The summed E-state index contributed by atoms with van der Waals surface area (Å²) in [6.45, 7) is 6.96. The lowest BCUT2D eigenvalue weighted by Crippen LogP contribution is -2.34. The number of pyridine rings is 1. The van der Waals surface area contributed by atoms with Gasteiger partial charge >= 0.3 is 0 Å². The van der Waals surface area contributed by atoms with Crippen LogP contribution in [0, 0.1) is 5.41 Å². The second-order valence-corrected chi connectivity index (χ2v) is 5.92. The Balaban J connectivity index is 2.93. The van der Waals surface area contributed by atoms with Crippen LogP contribution in [0.1, 0.15) is 31.1 Å². The molecular formula is C13H20ClN3O. The standard InChI is InChI=1S/C13H20ClN3O/c1-13(2,3)8-17(5)12(18)9-6-10(14)16-11(7-9)15-4/h6-7H,8H2,1-5H3,(H,15,16). The number of aromatic nitrogens is 1. The molecule has 1 amide bonds. The molecule has 0 bridgehead atoms. The zero-order valence-electron chi connectivity index (χ0n) is 11.5. The van der Waals surface area contributed by atoms with Gasteiger partial charge in [0.15, 0.2) is 0 Å². The van der Waals surface area contributed by atoms with E-state index in [0.717, 1.165) is 0 Å². The van der Waals surface area contributed by atoms with E-state index in [1.54, 1.807) is 31.1 Å². The molecule has 1 aromatic heterocycles. The minimum Gasteiger partial charge on any atom is -0.373 e. The molecule has 5 heteroatoms. The summed E-state index contributed by atoms with van der Waals surface area (Å²) in [5, 5.41) is 3.20. The van der Waals surface area contributed by atoms with Crippen LogP contribution in [0.4, 0.5) is 5.82 Å². The average molecular weight is 270 g/mol. The highest BCUT2D eigenvalue weighted by atomic mass is 35.5. The number of nitrogens with zero attached hydrogens (tertiary/aromatic N) is 2. The van der Waals surface area contributed by atoms with Crippen molar-refractivity contribution < 1.29 is 4.79 Å². The number of carbonyl (C=O) groups excluding carboxylic acids is 1. The van der Waals surface area contributed by atoms with Crippen molar-refractivity contribution in [1.29, 1.82) is 0 Å². The molecule has 0 aromatic carbocycles. The van der Waals surface area contributed by atoms with Crippen molar-refractivity contribution >= 4 is 23.3 Å². The van der Waals surface area contributed by atoms with Gasteiger partial charge in [-0.2, -0.15) is 0 Å². The molecule has 0 radical (unpaired) electrons. The fourth-order valence-corrected chi connectivity index (χ4v) is 1.96. The van der Waals surface area contributed by atoms with E-state index < -0.39 is 0 Å². The fourth-order valence-electron chi connectivity index (χ4n) is 1.75. The molecule has 18 heavy (non-hydrogen) atoms. The molecule has 0 aliphatic rings. The van der Waals surface area contributed by atoms with Crippen LogP contribution in [0.3, 0.4) is 0 Å². The Kier molecular flexibility index (Phi) is 4.57. The molecule has 1 aromatic rings. The molecule has 0 unspecified atom stereocenters. The van der Waals surface area contributed by atoms with Crippen molar-refractivity contribution in [1.82, 2.24) is 9.88 Å². The number of nitrogens with one attached hydrogen (secondary N) is 1. The van der Waals surface area contributed by atoms with Crippen LogP contribution in [0.15, 0.2) is 12.1 Å². The normalized spacial score (nSPS) is 11.2. The lowest BCUT2D eigenvalue weighted by atomic mass is 9.96. The van der Waals surface area contributed by atoms with Crippen LogP contribution in [-0.4, -0.2) is 36.4 Å². The van der Waals surface area contributed by atoms with E-state index in [-0.39, 0.29) is 11.3 Å². The maximum atomic E-state index is 12.3. The zero-order valence-corrected chi connectivity index (χ0v) is 12.3. The summed E-state index contributed by atoms with van der Waals surface area (Å²) in [6.07, 6.45) is 0. The molecule has 4 nitrogen and oxygen atoms in total. The van der Waals surface area contributed by atoms with Crippen molar-refractivity contribution in [3.8, 4) is 0 Å². The van der Waals surface area contributed by atoms with Gasteiger partial charge in [-0.05, 0) is 17.5 Å². The minimum absolute atomic E-state index is 0.0503. The van der Waals surface area contributed by atoms with Crippen molar-refractivity contribution in [2.45, 2.75) is 20.8 Å². The predicted octanol–water partition coefficient (Wildman–Crippen LogP) is 2.89. The largest absolute Gasteiger partial charge is 0.373 e. The third-order valence-electron chi connectivity index (χ3n) is 2.36. The van der Waals surface area contributed by atoms with Crippen LogP contribution in [-0.2, 0) is 0 Å². The van der Waals surface area contributed by atoms with Crippen molar-refractivity contribution in [2.75, 3.05) is 26.0 Å². The van der Waals surface area contributed by atoms with E-state index in [1.165, 1.54) is 0 Å².